The zero-order chi connectivity index (χ0) is 13.7. The van der Waals surface area contributed by atoms with Crippen LogP contribution in [0.2, 0.25) is 0 Å². The number of aromatic nitrogens is 1. The number of nitrogens with zero attached hydrogens (tertiary/aromatic N) is 1. The first-order chi connectivity index (χ1) is 9.26. The molecule has 19 heavy (non-hydrogen) atoms. The molecule has 1 atom stereocenters. The highest BCUT2D eigenvalue weighted by molar-refractivity contribution is 5.40. The fourth-order valence-corrected chi connectivity index (χ4v) is 1.94. The smallest absolute Gasteiger partial charge is 0.142 e. The van der Waals surface area contributed by atoms with Crippen LogP contribution in [0, 0.1) is 0 Å². The van der Waals surface area contributed by atoms with Gasteiger partial charge in [0.2, 0.25) is 0 Å². The zero-order valence-corrected chi connectivity index (χ0v) is 11.2. The van der Waals surface area contributed by atoms with Gasteiger partial charge >= 0.3 is 0 Å². The molecule has 0 aliphatic heterocycles. The fourth-order valence-electron chi connectivity index (χ4n) is 1.94. The summed E-state index contributed by atoms with van der Waals surface area (Å²) in [6, 6.07) is 9.41. The molecule has 2 aromatic rings. The van der Waals surface area contributed by atoms with Crippen molar-refractivity contribution >= 4 is 0 Å². The highest BCUT2D eigenvalue weighted by Crippen LogP contribution is 2.28. The maximum Gasteiger partial charge on any atom is 0.142 e. The predicted octanol–water partition coefficient (Wildman–Crippen LogP) is 2.54. The van der Waals surface area contributed by atoms with Crippen molar-refractivity contribution in [3.63, 3.8) is 0 Å². The highest BCUT2D eigenvalue weighted by atomic mass is 16.5. The van der Waals surface area contributed by atoms with Crippen molar-refractivity contribution in [3.05, 3.63) is 53.9 Å². The van der Waals surface area contributed by atoms with E-state index in [0.717, 1.165) is 16.9 Å². The summed E-state index contributed by atoms with van der Waals surface area (Å²) in [5.74, 6) is 1.55. The van der Waals surface area contributed by atoms with Crippen molar-refractivity contribution in [1.29, 1.82) is 0 Å². The van der Waals surface area contributed by atoms with E-state index in [9.17, 15) is 0 Å². The lowest BCUT2D eigenvalue weighted by Crippen LogP contribution is -2.13. The number of nitrogens with two attached hydrogens (primary N) is 1. The standard InChI is InChI=1S/C15H18N2O2/c1-3-19-12-6-4-11(5-7-12)15(16)13-8-9-17-10-14(13)18-2/h4-10,15H,3,16H2,1-2H3. The van der Waals surface area contributed by atoms with Crippen LogP contribution >= 0.6 is 0 Å². The Bertz CT molecular complexity index is 526. The molecule has 4 heteroatoms. The molecule has 100 valence electrons. The van der Waals surface area contributed by atoms with Crippen molar-refractivity contribution < 1.29 is 9.47 Å². The molecule has 2 rings (SSSR count). The largest absolute Gasteiger partial charge is 0.495 e. The Kier molecular flexibility index (Phi) is 4.36. The summed E-state index contributed by atoms with van der Waals surface area (Å²) in [6.45, 7) is 2.62. The Labute approximate surface area is 113 Å². The first-order valence-electron chi connectivity index (χ1n) is 6.22. The SMILES string of the molecule is CCOc1ccc(C(N)c2ccncc2OC)cc1. The molecule has 4 nitrogen and oxygen atoms in total. The second-order valence-corrected chi connectivity index (χ2v) is 4.10. The molecule has 0 spiro atoms. The Hall–Kier alpha value is -2.07. The van der Waals surface area contributed by atoms with E-state index in [-0.39, 0.29) is 6.04 Å². The summed E-state index contributed by atoms with van der Waals surface area (Å²) in [7, 11) is 1.62. The van der Waals surface area contributed by atoms with Crippen molar-refractivity contribution in [2.75, 3.05) is 13.7 Å². The van der Waals surface area contributed by atoms with E-state index in [1.54, 1.807) is 19.5 Å². The van der Waals surface area contributed by atoms with Crippen LogP contribution in [0.1, 0.15) is 24.1 Å². The van der Waals surface area contributed by atoms with Crippen molar-refractivity contribution in [1.82, 2.24) is 4.98 Å². The van der Waals surface area contributed by atoms with Crippen LogP contribution < -0.4 is 15.2 Å². The molecule has 0 amide bonds. The summed E-state index contributed by atoms with van der Waals surface area (Å²) >= 11 is 0. The number of hydrogen-bond donors (Lipinski definition) is 1. The second kappa shape index (κ2) is 6.20. The van der Waals surface area contributed by atoms with Crippen LogP contribution in [0.25, 0.3) is 0 Å². The number of methoxy groups -OCH3 is 1. The molecule has 1 aromatic heterocycles. The van der Waals surface area contributed by atoms with Crippen LogP contribution in [-0.2, 0) is 0 Å². The third kappa shape index (κ3) is 3.03. The van der Waals surface area contributed by atoms with Crippen LogP contribution in [-0.4, -0.2) is 18.7 Å². The molecular weight excluding hydrogens is 240 g/mol. The summed E-state index contributed by atoms with van der Waals surface area (Å²) < 4.78 is 10.7. The number of ether oxygens (including phenoxy) is 2. The topological polar surface area (TPSA) is 57.4 Å². The Balaban J connectivity index is 2.25. The summed E-state index contributed by atoms with van der Waals surface area (Å²) in [4.78, 5) is 4.03. The maximum atomic E-state index is 6.27. The predicted molar refractivity (Wildman–Crippen MR) is 74.4 cm³/mol. The van der Waals surface area contributed by atoms with Gasteiger partial charge in [-0.1, -0.05) is 12.1 Å². The van der Waals surface area contributed by atoms with Crippen molar-refractivity contribution in [3.8, 4) is 11.5 Å². The molecular formula is C15H18N2O2. The van der Waals surface area contributed by atoms with Crippen LogP contribution in [0.4, 0.5) is 0 Å². The lowest BCUT2D eigenvalue weighted by Gasteiger charge is -2.16. The average molecular weight is 258 g/mol. The Morgan fingerprint density at radius 3 is 2.58 bits per heavy atom. The van der Waals surface area contributed by atoms with E-state index in [1.165, 1.54) is 0 Å². The van der Waals surface area contributed by atoms with Crippen molar-refractivity contribution in [2.24, 2.45) is 5.73 Å². The molecule has 1 aromatic carbocycles. The monoisotopic (exact) mass is 258 g/mol. The van der Waals surface area contributed by atoms with E-state index in [4.69, 9.17) is 15.2 Å². The number of hydrogen-bond acceptors (Lipinski definition) is 4. The van der Waals surface area contributed by atoms with Crippen LogP contribution in [0.3, 0.4) is 0 Å². The Morgan fingerprint density at radius 2 is 1.95 bits per heavy atom. The van der Waals surface area contributed by atoms with Gasteiger partial charge in [0, 0.05) is 11.8 Å². The van der Waals surface area contributed by atoms with Gasteiger partial charge in [0.15, 0.2) is 0 Å². The van der Waals surface area contributed by atoms with Gasteiger partial charge in [-0.15, -0.1) is 0 Å². The van der Waals surface area contributed by atoms with Gasteiger partial charge in [0.1, 0.15) is 11.5 Å². The summed E-state index contributed by atoms with van der Waals surface area (Å²) in [6.07, 6.45) is 3.38. The van der Waals surface area contributed by atoms with Gasteiger partial charge in [0.05, 0.1) is 26.0 Å². The molecule has 0 bridgehead atoms. The molecule has 0 saturated heterocycles. The lowest BCUT2D eigenvalue weighted by molar-refractivity contribution is 0.340. The highest BCUT2D eigenvalue weighted by Gasteiger charge is 2.13. The van der Waals surface area contributed by atoms with E-state index >= 15 is 0 Å². The minimum atomic E-state index is -0.242. The van der Waals surface area contributed by atoms with E-state index in [0.29, 0.717) is 12.4 Å². The summed E-state index contributed by atoms with van der Waals surface area (Å²) in [5.41, 5.74) is 8.19. The molecule has 1 heterocycles. The minimum Gasteiger partial charge on any atom is -0.495 e. The van der Waals surface area contributed by atoms with Gasteiger partial charge in [0.25, 0.3) is 0 Å². The third-order valence-electron chi connectivity index (χ3n) is 2.92. The lowest BCUT2D eigenvalue weighted by atomic mass is 10.00. The normalized spacial score (nSPS) is 11.9. The summed E-state index contributed by atoms with van der Waals surface area (Å²) in [5, 5.41) is 0. The van der Waals surface area contributed by atoms with E-state index in [1.807, 2.05) is 37.3 Å². The molecule has 0 fully saturated rings. The molecule has 1 unspecified atom stereocenters. The first kappa shape index (κ1) is 13.4. The van der Waals surface area contributed by atoms with Gasteiger partial charge < -0.3 is 15.2 Å². The molecule has 0 aliphatic carbocycles. The molecule has 0 aliphatic rings. The Morgan fingerprint density at radius 1 is 1.21 bits per heavy atom. The van der Waals surface area contributed by atoms with Gasteiger partial charge in [-0.25, -0.2) is 0 Å². The van der Waals surface area contributed by atoms with Gasteiger partial charge in [-0.05, 0) is 30.7 Å². The average Bonchev–Trinajstić information content (AvgIpc) is 2.47. The van der Waals surface area contributed by atoms with Crippen LogP contribution in [0.5, 0.6) is 11.5 Å². The van der Waals surface area contributed by atoms with E-state index < -0.39 is 0 Å². The first-order valence-corrected chi connectivity index (χ1v) is 6.22. The number of pyridine rings is 1. The molecule has 0 radical (unpaired) electrons. The number of benzene rings is 1. The van der Waals surface area contributed by atoms with E-state index in [2.05, 4.69) is 4.98 Å². The van der Waals surface area contributed by atoms with Gasteiger partial charge in [-0.3, -0.25) is 4.98 Å². The zero-order valence-electron chi connectivity index (χ0n) is 11.2. The fraction of sp³-hybridized carbons (Fsp3) is 0.267. The minimum absolute atomic E-state index is 0.242. The molecule has 2 N–H and O–H groups in total. The third-order valence-corrected chi connectivity index (χ3v) is 2.92. The van der Waals surface area contributed by atoms with Crippen molar-refractivity contribution in [2.45, 2.75) is 13.0 Å². The number of rotatable bonds is 5. The molecule has 0 saturated carbocycles. The maximum absolute atomic E-state index is 6.27. The quantitative estimate of drug-likeness (QED) is 0.895. The van der Waals surface area contributed by atoms with Gasteiger partial charge in [-0.2, -0.15) is 0 Å². The van der Waals surface area contributed by atoms with Crippen LogP contribution in [0.15, 0.2) is 42.7 Å². The second-order valence-electron chi connectivity index (χ2n) is 4.10.